The minimum atomic E-state index is -0.454. The molecule has 0 radical (unpaired) electrons. The van der Waals surface area contributed by atoms with Gasteiger partial charge in [-0.2, -0.15) is 0 Å². The summed E-state index contributed by atoms with van der Waals surface area (Å²) in [4.78, 5) is 0. The average Bonchev–Trinajstić information content (AvgIpc) is 2.28. The molecule has 0 fully saturated rings. The molecule has 0 saturated carbocycles. The summed E-state index contributed by atoms with van der Waals surface area (Å²) in [6.07, 6.45) is 0.457. The first kappa shape index (κ1) is 13.0. The molecule has 1 rings (SSSR count). The zero-order chi connectivity index (χ0) is 12.1. The van der Waals surface area contributed by atoms with Crippen LogP contribution < -0.4 is 4.74 Å². The van der Waals surface area contributed by atoms with E-state index in [1.165, 1.54) is 5.56 Å². The van der Waals surface area contributed by atoms with Gasteiger partial charge in [0.15, 0.2) is 0 Å². The number of aliphatic hydroxyl groups excluding tert-OH is 1. The van der Waals surface area contributed by atoms with E-state index in [9.17, 15) is 5.11 Å². The van der Waals surface area contributed by atoms with Gasteiger partial charge in [0.05, 0.1) is 6.10 Å². The topological polar surface area (TPSA) is 29.5 Å². The highest BCUT2D eigenvalue weighted by molar-refractivity contribution is 5.36. The highest BCUT2D eigenvalue weighted by atomic mass is 16.5. The van der Waals surface area contributed by atoms with Gasteiger partial charge in [-0.3, -0.25) is 0 Å². The number of hydrogen-bond acceptors (Lipinski definition) is 2. The third kappa shape index (κ3) is 3.24. The molecule has 3 atom stereocenters. The minimum absolute atomic E-state index is 0.176. The quantitative estimate of drug-likeness (QED) is 0.828. The number of benzene rings is 1. The van der Waals surface area contributed by atoms with Crippen molar-refractivity contribution in [2.75, 3.05) is 0 Å². The van der Waals surface area contributed by atoms with Crippen molar-refractivity contribution in [2.24, 2.45) is 0 Å². The fourth-order valence-electron chi connectivity index (χ4n) is 1.51. The van der Waals surface area contributed by atoms with Crippen LogP contribution in [-0.4, -0.2) is 17.3 Å². The molecule has 0 aliphatic heterocycles. The van der Waals surface area contributed by atoms with Crippen LogP contribution >= 0.6 is 0 Å². The van der Waals surface area contributed by atoms with Crippen molar-refractivity contribution in [3.8, 4) is 5.75 Å². The molecule has 2 nitrogen and oxygen atoms in total. The van der Waals surface area contributed by atoms with Crippen LogP contribution in [0.3, 0.4) is 0 Å². The Morgan fingerprint density at radius 1 is 1.19 bits per heavy atom. The van der Waals surface area contributed by atoms with Crippen LogP contribution in [0.1, 0.15) is 45.6 Å². The number of rotatable bonds is 5. The Morgan fingerprint density at radius 3 is 2.38 bits per heavy atom. The van der Waals surface area contributed by atoms with Gasteiger partial charge in [-0.05, 0) is 37.8 Å². The number of hydrogen-bond donors (Lipinski definition) is 1. The highest BCUT2D eigenvalue weighted by Crippen LogP contribution is 2.29. The minimum Gasteiger partial charge on any atom is -0.488 e. The zero-order valence-electron chi connectivity index (χ0n) is 10.6. The van der Waals surface area contributed by atoms with Gasteiger partial charge in [-0.15, -0.1) is 0 Å². The number of ether oxygens (including phenoxy) is 1. The molecule has 1 aromatic carbocycles. The van der Waals surface area contributed by atoms with E-state index in [1.54, 1.807) is 6.92 Å². The van der Waals surface area contributed by atoms with E-state index in [2.05, 4.69) is 19.9 Å². The lowest BCUT2D eigenvalue weighted by molar-refractivity contribution is 0.0596. The Labute approximate surface area is 98.3 Å². The predicted octanol–water partition coefficient (Wildman–Crippen LogP) is 3.35. The van der Waals surface area contributed by atoms with Crippen molar-refractivity contribution in [1.82, 2.24) is 0 Å². The first-order valence-electron chi connectivity index (χ1n) is 5.99. The molecule has 90 valence electrons. The van der Waals surface area contributed by atoms with Gasteiger partial charge in [-0.1, -0.05) is 32.0 Å². The standard InChI is InChI=1S/C14H22O2/c1-5-10(2)13-8-6-7-9-14(13)16-12(4)11(3)15/h6-12,15H,5H2,1-4H3/t10?,11-,12?/m1/s1. The lowest BCUT2D eigenvalue weighted by Crippen LogP contribution is -2.26. The van der Waals surface area contributed by atoms with Crippen molar-refractivity contribution in [1.29, 1.82) is 0 Å². The van der Waals surface area contributed by atoms with E-state index in [1.807, 2.05) is 25.1 Å². The highest BCUT2D eigenvalue weighted by Gasteiger charge is 2.14. The molecule has 1 N–H and O–H groups in total. The summed E-state index contributed by atoms with van der Waals surface area (Å²) in [5.74, 6) is 1.38. The molecule has 2 heteroatoms. The largest absolute Gasteiger partial charge is 0.488 e. The third-order valence-corrected chi connectivity index (χ3v) is 3.05. The summed E-state index contributed by atoms with van der Waals surface area (Å²) in [6, 6.07) is 8.07. The second-order valence-corrected chi connectivity index (χ2v) is 4.41. The molecule has 0 aliphatic carbocycles. The van der Waals surface area contributed by atoms with Gasteiger partial charge in [0.25, 0.3) is 0 Å². The molecule has 0 aromatic heterocycles. The Hall–Kier alpha value is -1.02. The third-order valence-electron chi connectivity index (χ3n) is 3.05. The fraction of sp³-hybridized carbons (Fsp3) is 0.571. The fourth-order valence-corrected chi connectivity index (χ4v) is 1.51. The Kier molecular flexibility index (Phi) is 4.81. The summed E-state index contributed by atoms with van der Waals surface area (Å²) >= 11 is 0. The molecule has 0 heterocycles. The molecule has 2 unspecified atom stereocenters. The van der Waals surface area contributed by atoms with Crippen LogP contribution in [0.5, 0.6) is 5.75 Å². The van der Waals surface area contributed by atoms with E-state index < -0.39 is 6.10 Å². The second-order valence-electron chi connectivity index (χ2n) is 4.41. The Balaban J connectivity index is 2.86. The van der Waals surface area contributed by atoms with E-state index in [0.29, 0.717) is 5.92 Å². The van der Waals surface area contributed by atoms with Gasteiger partial charge in [0.2, 0.25) is 0 Å². The summed E-state index contributed by atoms with van der Waals surface area (Å²) in [6.45, 7) is 7.99. The molecule has 0 bridgehead atoms. The SMILES string of the molecule is CCC(C)c1ccccc1OC(C)[C@@H](C)O. The van der Waals surface area contributed by atoms with Crippen molar-refractivity contribution in [3.05, 3.63) is 29.8 Å². The molecule has 0 spiro atoms. The molecular formula is C14H22O2. The summed E-state index contributed by atoms with van der Waals surface area (Å²) in [5.41, 5.74) is 1.22. The van der Waals surface area contributed by atoms with E-state index in [0.717, 1.165) is 12.2 Å². The molecule has 0 aliphatic rings. The van der Waals surface area contributed by atoms with Crippen molar-refractivity contribution < 1.29 is 9.84 Å². The van der Waals surface area contributed by atoms with Gasteiger partial charge >= 0.3 is 0 Å². The second kappa shape index (κ2) is 5.90. The van der Waals surface area contributed by atoms with Crippen LogP contribution in [0.15, 0.2) is 24.3 Å². The van der Waals surface area contributed by atoms with Crippen molar-refractivity contribution in [3.63, 3.8) is 0 Å². The molecular weight excluding hydrogens is 200 g/mol. The van der Waals surface area contributed by atoms with Gasteiger partial charge in [0.1, 0.15) is 11.9 Å². The molecule has 0 saturated heterocycles. The van der Waals surface area contributed by atoms with Crippen LogP contribution in [0, 0.1) is 0 Å². The normalized spacial score (nSPS) is 16.6. The van der Waals surface area contributed by atoms with Crippen LogP contribution in [0.2, 0.25) is 0 Å². The summed E-state index contributed by atoms with van der Waals surface area (Å²) in [5, 5.41) is 9.44. The maximum atomic E-state index is 9.44. The van der Waals surface area contributed by atoms with E-state index >= 15 is 0 Å². The first-order valence-corrected chi connectivity index (χ1v) is 5.99. The van der Waals surface area contributed by atoms with E-state index in [-0.39, 0.29) is 6.10 Å². The zero-order valence-corrected chi connectivity index (χ0v) is 10.6. The van der Waals surface area contributed by atoms with Crippen LogP contribution in [-0.2, 0) is 0 Å². The summed E-state index contributed by atoms with van der Waals surface area (Å²) < 4.78 is 5.78. The molecule has 16 heavy (non-hydrogen) atoms. The molecule has 0 amide bonds. The Morgan fingerprint density at radius 2 is 1.81 bits per heavy atom. The van der Waals surface area contributed by atoms with Crippen LogP contribution in [0.4, 0.5) is 0 Å². The van der Waals surface area contributed by atoms with Crippen LogP contribution in [0.25, 0.3) is 0 Å². The summed E-state index contributed by atoms with van der Waals surface area (Å²) in [7, 11) is 0. The Bertz CT molecular complexity index is 320. The smallest absolute Gasteiger partial charge is 0.123 e. The van der Waals surface area contributed by atoms with Gasteiger partial charge < -0.3 is 9.84 Å². The lowest BCUT2D eigenvalue weighted by atomic mass is 9.98. The first-order chi connectivity index (χ1) is 7.56. The average molecular weight is 222 g/mol. The number of para-hydroxylation sites is 1. The van der Waals surface area contributed by atoms with Gasteiger partial charge in [0, 0.05) is 0 Å². The van der Waals surface area contributed by atoms with E-state index in [4.69, 9.17) is 4.74 Å². The molecule has 1 aromatic rings. The maximum absolute atomic E-state index is 9.44. The number of aliphatic hydroxyl groups is 1. The van der Waals surface area contributed by atoms with Crippen molar-refractivity contribution in [2.45, 2.75) is 52.2 Å². The van der Waals surface area contributed by atoms with Crippen molar-refractivity contribution >= 4 is 0 Å². The lowest BCUT2D eigenvalue weighted by Gasteiger charge is -2.21. The van der Waals surface area contributed by atoms with Gasteiger partial charge in [-0.25, -0.2) is 0 Å². The predicted molar refractivity (Wildman–Crippen MR) is 66.9 cm³/mol. The maximum Gasteiger partial charge on any atom is 0.123 e. The monoisotopic (exact) mass is 222 g/mol.